The van der Waals surface area contributed by atoms with Gasteiger partial charge in [-0.05, 0) is 24.1 Å². The molecule has 0 bridgehead atoms. The lowest BCUT2D eigenvalue weighted by Crippen LogP contribution is -2.37. The Bertz CT molecular complexity index is 732. The van der Waals surface area contributed by atoms with Crippen LogP contribution in [0, 0.1) is 0 Å². The Hall–Kier alpha value is -2.14. The number of benzene rings is 2. The fourth-order valence-corrected chi connectivity index (χ4v) is 3.38. The number of halogens is 1. The lowest BCUT2D eigenvalue weighted by molar-refractivity contribution is -0.130. The molecule has 1 aliphatic heterocycles. The van der Waals surface area contributed by atoms with Gasteiger partial charge in [-0.2, -0.15) is 0 Å². The molecule has 2 aromatic rings. The molecule has 0 aromatic heterocycles. The highest BCUT2D eigenvalue weighted by molar-refractivity contribution is 9.10. The Morgan fingerprint density at radius 2 is 1.83 bits per heavy atom. The molecule has 0 N–H and O–H groups in total. The van der Waals surface area contributed by atoms with Gasteiger partial charge in [0.15, 0.2) is 0 Å². The van der Waals surface area contributed by atoms with E-state index in [1.54, 1.807) is 6.92 Å². The van der Waals surface area contributed by atoms with E-state index in [-0.39, 0.29) is 18.6 Å². The Kier molecular flexibility index (Phi) is 4.48. The summed E-state index contributed by atoms with van der Waals surface area (Å²) in [5.74, 6) is -0.698. The molecule has 118 valence electrons. The molecular weight excluding hydrogens is 358 g/mol. The molecule has 4 nitrogen and oxygen atoms in total. The van der Waals surface area contributed by atoms with Crippen molar-refractivity contribution in [3.05, 3.63) is 70.2 Å². The zero-order valence-electron chi connectivity index (χ0n) is 12.6. The van der Waals surface area contributed by atoms with E-state index in [1.807, 2.05) is 54.6 Å². The van der Waals surface area contributed by atoms with Crippen molar-refractivity contribution in [2.75, 3.05) is 6.61 Å². The molecule has 0 unspecified atom stereocenters. The van der Waals surface area contributed by atoms with E-state index in [0.29, 0.717) is 0 Å². The standard InChI is InChI=1S/C18H16BrNO3/c1-12(14-9-5-6-10-15(14)19)17(21)20-16(11-23-18(20)22)13-7-3-2-4-8-13/h2-10,12,16H,11H2,1H3/t12-,16+/m0/s1. The normalized spacial score (nSPS) is 18.6. The summed E-state index contributed by atoms with van der Waals surface area (Å²) in [6.07, 6.45) is -0.581. The van der Waals surface area contributed by atoms with Gasteiger partial charge in [-0.15, -0.1) is 0 Å². The van der Waals surface area contributed by atoms with E-state index in [9.17, 15) is 9.59 Å². The van der Waals surface area contributed by atoms with Gasteiger partial charge in [-0.1, -0.05) is 64.5 Å². The summed E-state index contributed by atoms with van der Waals surface area (Å²) in [4.78, 5) is 26.2. The second-order valence-electron chi connectivity index (χ2n) is 5.45. The summed E-state index contributed by atoms with van der Waals surface area (Å²) in [5, 5.41) is 0. The van der Waals surface area contributed by atoms with Crippen molar-refractivity contribution in [3.8, 4) is 0 Å². The molecule has 1 saturated heterocycles. The number of ether oxygens (including phenoxy) is 1. The van der Waals surface area contributed by atoms with Crippen molar-refractivity contribution >= 4 is 27.9 Å². The molecule has 2 aromatic carbocycles. The number of rotatable bonds is 3. The summed E-state index contributed by atoms with van der Waals surface area (Å²) < 4.78 is 5.98. The van der Waals surface area contributed by atoms with Gasteiger partial charge in [-0.3, -0.25) is 4.79 Å². The quantitative estimate of drug-likeness (QED) is 0.806. The fourth-order valence-electron chi connectivity index (χ4n) is 2.75. The lowest BCUT2D eigenvalue weighted by atomic mass is 9.98. The number of carbonyl (C=O) groups is 2. The molecular formula is C18H16BrNO3. The zero-order valence-corrected chi connectivity index (χ0v) is 14.2. The maximum absolute atomic E-state index is 12.9. The second kappa shape index (κ2) is 6.54. The van der Waals surface area contributed by atoms with Gasteiger partial charge in [0, 0.05) is 4.47 Å². The molecule has 0 aliphatic carbocycles. The summed E-state index contributed by atoms with van der Waals surface area (Å²) in [6, 6.07) is 16.6. The van der Waals surface area contributed by atoms with Crippen LogP contribution >= 0.6 is 15.9 Å². The van der Waals surface area contributed by atoms with Crippen LogP contribution in [-0.2, 0) is 9.53 Å². The van der Waals surface area contributed by atoms with Crippen LogP contribution in [0.4, 0.5) is 4.79 Å². The predicted octanol–water partition coefficient (Wildman–Crippen LogP) is 4.27. The van der Waals surface area contributed by atoms with E-state index in [2.05, 4.69) is 15.9 Å². The highest BCUT2D eigenvalue weighted by atomic mass is 79.9. The van der Waals surface area contributed by atoms with Crippen molar-refractivity contribution in [2.45, 2.75) is 18.9 Å². The predicted molar refractivity (Wildman–Crippen MR) is 89.9 cm³/mol. The number of hydrogen-bond acceptors (Lipinski definition) is 3. The summed E-state index contributed by atoms with van der Waals surface area (Å²) in [7, 11) is 0. The Morgan fingerprint density at radius 1 is 1.17 bits per heavy atom. The van der Waals surface area contributed by atoms with Gasteiger partial charge in [0.25, 0.3) is 0 Å². The first-order valence-corrected chi connectivity index (χ1v) is 8.18. The fraction of sp³-hybridized carbons (Fsp3) is 0.222. The van der Waals surface area contributed by atoms with Gasteiger partial charge in [0.1, 0.15) is 12.6 Å². The van der Waals surface area contributed by atoms with Gasteiger partial charge in [-0.25, -0.2) is 9.69 Å². The summed E-state index contributed by atoms with van der Waals surface area (Å²) >= 11 is 3.46. The van der Waals surface area contributed by atoms with E-state index in [1.165, 1.54) is 4.90 Å². The van der Waals surface area contributed by atoms with Crippen molar-refractivity contribution in [1.29, 1.82) is 0 Å². The second-order valence-corrected chi connectivity index (χ2v) is 6.31. The van der Waals surface area contributed by atoms with E-state index in [0.717, 1.165) is 15.6 Å². The molecule has 0 spiro atoms. The number of nitrogens with zero attached hydrogens (tertiary/aromatic N) is 1. The maximum Gasteiger partial charge on any atom is 0.417 e. The van der Waals surface area contributed by atoms with Crippen LogP contribution in [0.1, 0.15) is 30.0 Å². The minimum Gasteiger partial charge on any atom is -0.446 e. The number of amides is 2. The molecule has 2 atom stereocenters. The van der Waals surface area contributed by atoms with E-state index < -0.39 is 12.0 Å². The van der Waals surface area contributed by atoms with Crippen molar-refractivity contribution in [1.82, 2.24) is 4.90 Å². The van der Waals surface area contributed by atoms with Crippen molar-refractivity contribution < 1.29 is 14.3 Å². The minimum atomic E-state index is -0.581. The first kappa shape index (κ1) is 15.7. The first-order chi connectivity index (χ1) is 11.1. The topological polar surface area (TPSA) is 46.6 Å². The minimum absolute atomic E-state index is 0.192. The van der Waals surface area contributed by atoms with Gasteiger partial charge in [0.05, 0.1) is 5.92 Å². The monoisotopic (exact) mass is 373 g/mol. The van der Waals surface area contributed by atoms with Crippen LogP contribution in [0.5, 0.6) is 0 Å². The van der Waals surface area contributed by atoms with Crippen molar-refractivity contribution in [2.24, 2.45) is 0 Å². The molecule has 5 heteroatoms. The first-order valence-electron chi connectivity index (χ1n) is 7.39. The molecule has 0 radical (unpaired) electrons. The SMILES string of the molecule is C[C@H](C(=O)N1C(=O)OC[C@@H]1c1ccccc1)c1ccccc1Br. The smallest absolute Gasteiger partial charge is 0.417 e. The molecule has 3 rings (SSSR count). The van der Waals surface area contributed by atoms with Gasteiger partial charge in [0.2, 0.25) is 5.91 Å². The van der Waals surface area contributed by atoms with Crippen LogP contribution in [0.15, 0.2) is 59.1 Å². The molecule has 1 aliphatic rings. The van der Waals surface area contributed by atoms with Crippen LogP contribution in [0.3, 0.4) is 0 Å². The number of hydrogen-bond donors (Lipinski definition) is 0. The maximum atomic E-state index is 12.9. The Balaban J connectivity index is 1.90. The summed E-state index contributed by atoms with van der Waals surface area (Å²) in [5.41, 5.74) is 1.75. The molecule has 1 fully saturated rings. The molecule has 1 heterocycles. The van der Waals surface area contributed by atoms with E-state index in [4.69, 9.17) is 4.74 Å². The van der Waals surface area contributed by atoms with E-state index >= 15 is 0 Å². The Labute approximate surface area is 143 Å². The Morgan fingerprint density at radius 3 is 2.52 bits per heavy atom. The average molecular weight is 374 g/mol. The highest BCUT2D eigenvalue weighted by Crippen LogP contribution is 2.33. The summed E-state index contributed by atoms with van der Waals surface area (Å²) in [6.45, 7) is 1.99. The van der Waals surface area contributed by atoms with Crippen molar-refractivity contribution in [3.63, 3.8) is 0 Å². The molecule has 0 saturated carbocycles. The van der Waals surface area contributed by atoms with Crippen LogP contribution in [0.25, 0.3) is 0 Å². The average Bonchev–Trinajstić information content (AvgIpc) is 2.96. The third-order valence-corrected chi connectivity index (χ3v) is 4.76. The number of cyclic esters (lactones) is 1. The largest absolute Gasteiger partial charge is 0.446 e. The number of imide groups is 1. The van der Waals surface area contributed by atoms with Gasteiger partial charge < -0.3 is 4.74 Å². The molecule has 2 amide bonds. The van der Waals surface area contributed by atoms with Crippen LogP contribution in [0.2, 0.25) is 0 Å². The third kappa shape index (κ3) is 3.01. The third-order valence-electron chi connectivity index (χ3n) is 4.04. The molecule has 23 heavy (non-hydrogen) atoms. The lowest BCUT2D eigenvalue weighted by Gasteiger charge is -2.23. The van der Waals surface area contributed by atoms with Crippen LogP contribution < -0.4 is 0 Å². The zero-order chi connectivity index (χ0) is 16.4. The number of carbonyl (C=O) groups excluding carboxylic acids is 2. The van der Waals surface area contributed by atoms with Gasteiger partial charge >= 0.3 is 6.09 Å². The van der Waals surface area contributed by atoms with Crippen LogP contribution in [-0.4, -0.2) is 23.5 Å². The highest BCUT2D eigenvalue weighted by Gasteiger charge is 2.41.